The zero-order valence-electron chi connectivity index (χ0n) is 17.8. The van der Waals surface area contributed by atoms with Gasteiger partial charge in [0.05, 0.1) is 14.2 Å². The van der Waals surface area contributed by atoms with Crippen LogP contribution >= 0.6 is 0 Å². The van der Waals surface area contributed by atoms with E-state index in [0.717, 1.165) is 30.9 Å². The summed E-state index contributed by atoms with van der Waals surface area (Å²) in [6, 6.07) is 11.0. The minimum absolute atomic E-state index is 0.0687. The third-order valence-electron chi connectivity index (χ3n) is 5.67. The highest BCUT2D eigenvalue weighted by atomic mass is 32.2. The number of sulfonamides is 1. The van der Waals surface area contributed by atoms with E-state index in [0.29, 0.717) is 32.1 Å². The fourth-order valence-corrected chi connectivity index (χ4v) is 5.34. The lowest BCUT2D eigenvalue weighted by molar-refractivity contribution is 0.170. The highest BCUT2D eigenvalue weighted by Crippen LogP contribution is 2.38. The van der Waals surface area contributed by atoms with Crippen molar-refractivity contribution in [2.75, 3.05) is 47.1 Å². The first-order valence-corrected chi connectivity index (χ1v) is 11.9. The number of methoxy groups -OCH3 is 2. The average Bonchev–Trinajstić information content (AvgIpc) is 3.26. The topological polar surface area (TPSA) is 86.3 Å². The molecule has 2 heterocycles. The van der Waals surface area contributed by atoms with Crippen LogP contribution in [0.1, 0.15) is 24.4 Å². The van der Waals surface area contributed by atoms with Crippen molar-refractivity contribution in [3.05, 3.63) is 42.0 Å². The summed E-state index contributed by atoms with van der Waals surface area (Å²) in [6.07, 6.45) is 2.09. The molecule has 0 aliphatic carbocycles. The summed E-state index contributed by atoms with van der Waals surface area (Å²) < 4.78 is 50.2. The Kier molecular flexibility index (Phi) is 6.54. The van der Waals surface area contributed by atoms with Gasteiger partial charge in [0.1, 0.15) is 29.6 Å². The van der Waals surface area contributed by atoms with E-state index in [4.69, 9.17) is 18.9 Å². The number of rotatable bonds is 8. The molecule has 31 heavy (non-hydrogen) atoms. The molecule has 0 bridgehead atoms. The minimum Gasteiger partial charge on any atom is -0.497 e. The molecule has 1 unspecified atom stereocenters. The first-order valence-electron chi connectivity index (χ1n) is 10.4. The Balaban J connectivity index is 1.42. The SMILES string of the molecule is COc1ccc(OC)c(S(=O)(=O)NCCN2CCCC2c2ccc3c(c2)OCCO3)c1. The van der Waals surface area contributed by atoms with Crippen LogP contribution in [-0.2, 0) is 10.0 Å². The summed E-state index contributed by atoms with van der Waals surface area (Å²) >= 11 is 0. The minimum atomic E-state index is -3.74. The van der Waals surface area contributed by atoms with E-state index in [1.807, 2.05) is 12.1 Å². The molecule has 0 aromatic heterocycles. The third kappa shape index (κ3) is 4.73. The lowest BCUT2D eigenvalue weighted by atomic mass is 10.0. The number of hydrogen-bond acceptors (Lipinski definition) is 7. The number of likely N-dealkylation sites (tertiary alicyclic amines) is 1. The van der Waals surface area contributed by atoms with Crippen LogP contribution in [0.4, 0.5) is 0 Å². The second kappa shape index (κ2) is 9.33. The highest BCUT2D eigenvalue weighted by molar-refractivity contribution is 7.89. The zero-order chi connectivity index (χ0) is 21.8. The van der Waals surface area contributed by atoms with E-state index in [-0.39, 0.29) is 16.7 Å². The van der Waals surface area contributed by atoms with Crippen LogP contribution < -0.4 is 23.7 Å². The van der Waals surface area contributed by atoms with E-state index in [9.17, 15) is 8.42 Å². The number of hydrogen-bond donors (Lipinski definition) is 1. The van der Waals surface area contributed by atoms with Gasteiger partial charge in [-0.15, -0.1) is 0 Å². The van der Waals surface area contributed by atoms with Crippen LogP contribution in [0.2, 0.25) is 0 Å². The Labute approximate surface area is 183 Å². The Morgan fingerprint density at radius 3 is 2.65 bits per heavy atom. The molecule has 9 heteroatoms. The van der Waals surface area contributed by atoms with Gasteiger partial charge in [0.25, 0.3) is 0 Å². The second-order valence-corrected chi connectivity index (χ2v) is 9.25. The molecule has 2 aromatic rings. The normalized spacial score (nSPS) is 18.7. The van der Waals surface area contributed by atoms with Crippen LogP contribution in [0.15, 0.2) is 41.3 Å². The maximum atomic E-state index is 12.9. The first-order chi connectivity index (χ1) is 15.0. The van der Waals surface area contributed by atoms with Gasteiger partial charge in [0, 0.05) is 25.2 Å². The Morgan fingerprint density at radius 1 is 1.06 bits per heavy atom. The maximum Gasteiger partial charge on any atom is 0.244 e. The molecule has 1 fully saturated rings. The Bertz CT molecular complexity index is 1030. The van der Waals surface area contributed by atoms with Crippen LogP contribution in [0.5, 0.6) is 23.0 Å². The molecule has 0 spiro atoms. The van der Waals surface area contributed by atoms with Gasteiger partial charge in [-0.2, -0.15) is 0 Å². The van der Waals surface area contributed by atoms with Gasteiger partial charge in [-0.3, -0.25) is 4.90 Å². The van der Waals surface area contributed by atoms with E-state index in [1.54, 1.807) is 12.1 Å². The largest absolute Gasteiger partial charge is 0.497 e. The standard InChI is InChI=1S/C22H28N2O6S/c1-27-17-6-8-20(28-2)22(15-17)31(25,26)23-9-11-24-10-3-4-18(24)16-5-7-19-21(14-16)30-13-12-29-19/h5-8,14-15,18,23H,3-4,9-13H2,1-2H3. The van der Waals surface area contributed by atoms with Crippen molar-refractivity contribution < 1.29 is 27.4 Å². The molecule has 0 amide bonds. The Hall–Kier alpha value is -2.49. The monoisotopic (exact) mass is 448 g/mol. The van der Waals surface area contributed by atoms with E-state index < -0.39 is 10.0 Å². The fourth-order valence-electron chi connectivity index (χ4n) is 4.13. The van der Waals surface area contributed by atoms with Gasteiger partial charge in [0.15, 0.2) is 11.5 Å². The summed E-state index contributed by atoms with van der Waals surface area (Å²) in [5, 5.41) is 0. The molecule has 1 N–H and O–H groups in total. The second-order valence-electron chi connectivity index (χ2n) is 7.51. The summed E-state index contributed by atoms with van der Waals surface area (Å²) in [7, 11) is -0.795. The van der Waals surface area contributed by atoms with Gasteiger partial charge in [0.2, 0.25) is 10.0 Å². The first kappa shape index (κ1) is 21.7. The number of nitrogens with one attached hydrogen (secondary N) is 1. The molecule has 0 saturated carbocycles. The lowest BCUT2D eigenvalue weighted by Crippen LogP contribution is -2.35. The quantitative estimate of drug-likeness (QED) is 0.664. The van der Waals surface area contributed by atoms with Crippen molar-refractivity contribution in [1.29, 1.82) is 0 Å². The summed E-state index contributed by atoms with van der Waals surface area (Å²) in [5.41, 5.74) is 1.17. The number of fused-ring (bicyclic) bond motifs is 1. The number of nitrogens with zero attached hydrogens (tertiary/aromatic N) is 1. The third-order valence-corrected chi connectivity index (χ3v) is 7.15. The molecule has 2 aliphatic heterocycles. The van der Waals surface area contributed by atoms with Gasteiger partial charge < -0.3 is 18.9 Å². The van der Waals surface area contributed by atoms with Gasteiger partial charge in [-0.1, -0.05) is 6.07 Å². The number of benzene rings is 2. The van der Waals surface area contributed by atoms with Crippen LogP contribution in [-0.4, -0.2) is 60.4 Å². The van der Waals surface area contributed by atoms with E-state index in [2.05, 4.69) is 15.7 Å². The summed E-state index contributed by atoms with van der Waals surface area (Å²) in [4.78, 5) is 2.37. The van der Waals surface area contributed by atoms with Crippen molar-refractivity contribution in [3.8, 4) is 23.0 Å². The van der Waals surface area contributed by atoms with Gasteiger partial charge >= 0.3 is 0 Å². The van der Waals surface area contributed by atoms with Crippen LogP contribution in [0, 0.1) is 0 Å². The summed E-state index contributed by atoms with van der Waals surface area (Å²) in [5.74, 6) is 2.30. The van der Waals surface area contributed by atoms with E-state index >= 15 is 0 Å². The molecule has 1 saturated heterocycles. The van der Waals surface area contributed by atoms with E-state index in [1.165, 1.54) is 25.8 Å². The van der Waals surface area contributed by atoms with Crippen molar-refractivity contribution in [2.24, 2.45) is 0 Å². The molecular formula is C22H28N2O6S. The predicted molar refractivity (Wildman–Crippen MR) is 116 cm³/mol. The zero-order valence-corrected chi connectivity index (χ0v) is 18.6. The smallest absolute Gasteiger partial charge is 0.244 e. The van der Waals surface area contributed by atoms with Crippen molar-refractivity contribution >= 4 is 10.0 Å². The lowest BCUT2D eigenvalue weighted by Gasteiger charge is -2.26. The molecule has 8 nitrogen and oxygen atoms in total. The fraction of sp³-hybridized carbons (Fsp3) is 0.455. The molecule has 2 aromatic carbocycles. The molecule has 168 valence electrons. The number of ether oxygens (including phenoxy) is 4. The molecule has 0 radical (unpaired) electrons. The Morgan fingerprint density at radius 2 is 1.87 bits per heavy atom. The molecule has 2 aliphatic rings. The van der Waals surface area contributed by atoms with Crippen molar-refractivity contribution in [1.82, 2.24) is 9.62 Å². The van der Waals surface area contributed by atoms with Crippen molar-refractivity contribution in [2.45, 2.75) is 23.8 Å². The van der Waals surface area contributed by atoms with Crippen LogP contribution in [0.3, 0.4) is 0 Å². The molecular weight excluding hydrogens is 420 g/mol. The van der Waals surface area contributed by atoms with Crippen LogP contribution in [0.25, 0.3) is 0 Å². The highest BCUT2D eigenvalue weighted by Gasteiger charge is 2.28. The molecule has 4 rings (SSSR count). The molecule has 1 atom stereocenters. The average molecular weight is 449 g/mol. The summed E-state index contributed by atoms with van der Waals surface area (Å²) in [6.45, 7) is 2.94. The maximum absolute atomic E-state index is 12.9. The van der Waals surface area contributed by atoms with Gasteiger partial charge in [-0.05, 0) is 49.2 Å². The predicted octanol–water partition coefficient (Wildman–Crippen LogP) is 2.59. The van der Waals surface area contributed by atoms with Gasteiger partial charge in [-0.25, -0.2) is 13.1 Å². The van der Waals surface area contributed by atoms with Crippen molar-refractivity contribution in [3.63, 3.8) is 0 Å².